The molecule has 6 rings (SSSR count). The summed E-state index contributed by atoms with van der Waals surface area (Å²) in [6, 6.07) is 0. The molecule has 2 fully saturated rings. The number of aromatic nitrogens is 4. The van der Waals surface area contributed by atoms with Gasteiger partial charge in [-0.1, -0.05) is 20.8 Å². The van der Waals surface area contributed by atoms with Crippen molar-refractivity contribution in [3.8, 4) is 0 Å². The molecule has 0 aliphatic carbocycles. The molecule has 244 valence electrons. The van der Waals surface area contributed by atoms with Gasteiger partial charge in [-0.3, -0.25) is 23.0 Å². The van der Waals surface area contributed by atoms with Crippen molar-refractivity contribution in [3.05, 3.63) is 20.5 Å². The predicted octanol–water partition coefficient (Wildman–Crippen LogP) is -0.952. The zero-order chi connectivity index (χ0) is 31.9. The number of fused-ring (bicyclic) bond motifs is 7. The van der Waals surface area contributed by atoms with Crippen LogP contribution in [0.25, 0.3) is 11.2 Å². The maximum absolute atomic E-state index is 13.2. The number of aliphatic hydroxyl groups excluding tert-OH is 4. The van der Waals surface area contributed by atoms with Crippen LogP contribution in [0.3, 0.4) is 0 Å². The van der Waals surface area contributed by atoms with E-state index in [1.54, 1.807) is 22.6 Å². The smallest absolute Gasteiger partial charge is 0.387 e. The highest BCUT2D eigenvalue weighted by Crippen LogP contribution is 2.60. The number of halogens is 1. The monoisotopic (exact) mass is 769 g/mol. The molecular weight excluding hydrogens is 735 g/mol. The minimum Gasteiger partial charge on any atom is -0.387 e. The van der Waals surface area contributed by atoms with Gasteiger partial charge in [-0.25, -0.2) is 19.1 Å². The van der Waals surface area contributed by atoms with E-state index in [0.717, 1.165) is 10.9 Å². The predicted molar refractivity (Wildman–Crippen MR) is 152 cm³/mol. The van der Waals surface area contributed by atoms with Crippen LogP contribution >= 0.6 is 38.2 Å². The second-order valence-corrected chi connectivity index (χ2v) is 13.7. The van der Waals surface area contributed by atoms with E-state index in [-0.39, 0.29) is 15.0 Å². The molecule has 0 aromatic carbocycles. The molecule has 0 saturated carbocycles. The summed E-state index contributed by atoms with van der Waals surface area (Å²) in [7, 11) is -10.6. The number of ether oxygens (including phenoxy) is 2. The zero-order valence-corrected chi connectivity index (χ0v) is 27.1. The van der Waals surface area contributed by atoms with Crippen molar-refractivity contribution in [2.24, 2.45) is 0 Å². The van der Waals surface area contributed by atoms with Crippen LogP contribution in [0.2, 0.25) is 0 Å². The third-order valence-corrected chi connectivity index (χ3v) is 10.5. The van der Waals surface area contributed by atoms with Gasteiger partial charge in [0.25, 0.3) is 5.56 Å². The second kappa shape index (κ2) is 13.8. The van der Waals surface area contributed by atoms with Gasteiger partial charge in [0.05, 0.1) is 13.2 Å². The van der Waals surface area contributed by atoms with Gasteiger partial charge in [0.15, 0.2) is 27.5 Å². The Balaban J connectivity index is 0.000000541. The lowest BCUT2D eigenvalue weighted by molar-refractivity contribution is -0.0564. The van der Waals surface area contributed by atoms with Crippen LogP contribution < -0.4 is 5.56 Å². The molecule has 10 atom stereocenters. The molecule has 8 bridgehead atoms. The van der Waals surface area contributed by atoms with Crippen molar-refractivity contribution in [2.45, 2.75) is 69.9 Å². The summed E-state index contributed by atoms with van der Waals surface area (Å²) in [5.41, 5.74) is -1.10. The van der Waals surface area contributed by atoms with Gasteiger partial charge in [-0.15, -0.1) is 0 Å². The fourth-order valence-electron chi connectivity index (χ4n) is 4.72. The van der Waals surface area contributed by atoms with E-state index in [4.69, 9.17) is 9.47 Å². The number of hydrogen-bond acceptors (Lipinski definition) is 15. The van der Waals surface area contributed by atoms with E-state index in [2.05, 4.69) is 49.0 Å². The number of hydrogen-bond donors (Lipinski definition) is 6. The Morgan fingerprint density at radius 3 is 1.88 bits per heavy atom. The standard InChI is InChI=1S/C15H19IN4O14P2.C6H15N/c16-15-18-6-11-17-3-19(12(6)25)13-9(23)7(21)4(32-13)1-30-35(26,27)34-36(28,29)31-2-5-8(22)10(24)14(33-5)20(11)15;1-4-7(5-2)6-3/h3-5,7-10,13-14,21-24H,1-2H2,(H,26,27)(H,28,29);4-6H2,1-3H3/t4-,5-,7-,8-,9-,10-,13-,14-;/m1./s1. The van der Waals surface area contributed by atoms with Gasteiger partial charge in [0.1, 0.15) is 43.0 Å². The Morgan fingerprint density at radius 1 is 0.907 bits per heavy atom. The lowest BCUT2D eigenvalue weighted by Gasteiger charge is -2.21. The Morgan fingerprint density at radius 2 is 1.40 bits per heavy atom. The van der Waals surface area contributed by atoms with Crippen LogP contribution in [-0.2, 0) is 32.0 Å². The Kier molecular flexibility index (Phi) is 11.2. The van der Waals surface area contributed by atoms with Crippen LogP contribution in [-0.4, -0.2) is 124 Å². The molecule has 2 unspecified atom stereocenters. The molecule has 0 spiro atoms. The highest BCUT2D eigenvalue weighted by Gasteiger charge is 2.49. The topological polar surface area (TPSA) is 258 Å². The van der Waals surface area contributed by atoms with Gasteiger partial charge >= 0.3 is 15.6 Å². The first kappa shape index (κ1) is 34.9. The molecule has 0 amide bonds. The quantitative estimate of drug-likeness (QED) is 0.125. The lowest BCUT2D eigenvalue weighted by atomic mass is 10.1. The van der Waals surface area contributed by atoms with Gasteiger partial charge < -0.3 is 44.6 Å². The largest absolute Gasteiger partial charge is 0.481 e. The second-order valence-electron chi connectivity index (χ2n) is 9.70. The number of phosphoric acid groups is 2. The van der Waals surface area contributed by atoms with E-state index in [1.165, 1.54) is 24.2 Å². The van der Waals surface area contributed by atoms with Crippen molar-refractivity contribution in [1.82, 2.24) is 24.0 Å². The molecule has 4 aliphatic rings. The Hall–Kier alpha value is -0.940. The zero-order valence-electron chi connectivity index (χ0n) is 23.2. The fraction of sp³-hybridized carbons (Fsp3) is 0.762. The maximum Gasteiger partial charge on any atom is 0.481 e. The van der Waals surface area contributed by atoms with Gasteiger partial charge in [0.2, 0.25) is 0 Å². The van der Waals surface area contributed by atoms with Gasteiger partial charge in [-0.2, -0.15) is 4.31 Å². The van der Waals surface area contributed by atoms with E-state index >= 15 is 0 Å². The van der Waals surface area contributed by atoms with Gasteiger partial charge in [0, 0.05) is 22.6 Å². The van der Waals surface area contributed by atoms with Crippen molar-refractivity contribution >= 4 is 49.4 Å². The van der Waals surface area contributed by atoms with E-state index in [0.29, 0.717) is 0 Å². The molecular formula is C21H34IN5O14P2. The van der Waals surface area contributed by atoms with Crippen molar-refractivity contribution in [1.29, 1.82) is 0 Å². The third kappa shape index (κ3) is 7.39. The summed E-state index contributed by atoms with van der Waals surface area (Å²) in [5, 5.41) is 41.7. The fourth-order valence-corrected chi connectivity index (χ4v) is 7.56. The summed E-state index contributed by atoms with van der Waals surface area (Å²) in [4.78, 5) is 43.5. The molecule has 19 nitrogen and oxygen atoms in total. The Labute approximate surface area is 258 Å². The number of phosphoric ester groups is 2. The summed E-state index contributed by atoms with van der Waals surface area (Å²) < 4.78 is 51.0. The molecule has 6 heterocycles. The first-order valence-corrected chi connectivity index (χ1v) is 17.3. The number of aliphatic hydroxyl groups is 4. The van der Waals surface area contributed by atoms with Crippen LogP contribution in [0.4, 0.5) is 0 Å². The summed E-state index contributed by atoms with van der Waals surface area (Å²) in [5.74, 6) is 0. The number of nitrogens with zero attached hydrogens (tertiary/aromatic N) is 5. The van der Waals surface area contributed by atoms with E-state index < -0.39 is 83.5 Å². The molecule has 4 aliphatic heterocycles. The van der Waals surface area contributed by atoms with E-state index in [1.807, 2.05) is 0 Å². The van der Waals surface area contributed by atoms with Crippen molar-refractivity contribution < 1.29 is 62.2 Å². The Bertz CT molecular complexity index is 1440. The summed E-state index contributed by atoms with van der Waals surface area (Å²) in [6.45, 7) is 8.35. The third-order valence-electron chi connectivity index (χ3n) is 7.14. The number of rotatable bonds is 3. The summed E-state index contributed by atoms with van der Waals surface area (Å²) in [6.07, 6.45) is -11.5. The number of imidazole rings is 1. The minimum absolute atomic E-state index is 0.0649. The average Bonchev–Trinajstić information content (AvgIpc) is 3.53. The normalized spacial score (nSPS) is 38.3. The molecule has 2 saturated heterocycles. The molecule has 6 N–H and O–H groups in total. The molecule has 22 heteroatoms. The first-order chi connectivity index (χ1) is 20.1. The molecule has 2 aromatic heterocycles. The highest BCUT2D eigenvalue weighted by atomic mass is 127. The summed E-state index contributed by atoms with van der Waals surface area (Å²) >= 11 is 1.73. The molecule has 43 heavy (non-hydrogen) atoms. The van der Waals surface area contributed by atoms with Crippen molar-refractivity contribution in [2.75, 3.05) is 32.8 Å². The van der Waals surface area contributed by atoms with Crippen LogP contribution in [0.1, 0.15) is 33.2 Å². The maximum atomic E-state index is 13.2. The minimum atomic E-state index is -5.29. The first-order valence-electron chi connectivity index (χ1n) is 13.2. The average molecular weight is 769 g/mol. The van der Waals surface area contributed by atoms with E-state index in [9.17, 15) is 44.1 Å². The highest BCUT2D eigenvalue weighted by molar-refractivity contribution is 14.1. The lowest BCUT2D eigenvalue weighted by Crippen LogP contribution is -2.36. The molecule has 2 aromatic rings. The molecule has 0 radical (unpaired) electrons. The van der Waals surface area contributed by atoms with Crippen LogP contribution in [0, 0.1) is 3.83 Å². The van der Waals surface area contributed by atoms with Gasteiger partial charge in [-0.05, 0) is 19.6 Å². The van der Waals surface area contributed by atoms with Crippen LogP contribution in [0.5, 0.6) is 0 Å². The van der Waals surface area contributed by atoms with Crippen LogP contribution in [0.15, 0.2) is 11.1 Å². The van der Waals surface area contributed by atoms with Crippen molar-refractivity contribution in [3.63, 3.8) is 0 Å². The SMILES string of the molecule is CCN(CC)CC.O=c1c2nc(I)n3c2ncn1[C@@H]1O[C@H](COP(=O)(O)OP(=O)(O)OC[C@H]2O[C@@H]3[C@H](O)[C@@H]2O)[C@@H](O)[C@H]1O.